The van der Waals surface area contributed by atoms with E-state index in [9.17, 15) is 4.21 Å². The van der Waals surface area contributed by atoms with Crippen molar-refractivity contribution in [2.75, 3.05) is 0 Å². The molecule has 0 aromatic carbocycles. The van der Waals surface area contributed by atoms with Crippen LogP contribution in [-0.4, -0.2) is 10.3 Å². The van der Waals surface area contributed by atoms with Gasteiger partial charge >= 0.3 is 0 Å². The summed E-state index contributed by atoms with van der Waals surface area (Å²) < 4.78 is 13.3. The van der Waals surface area contributed by atoms with E-state index in [4.69, 9.17) is 0 Å². The largest absolute Gasteiger partial charge is 0.199 e. The smallest absolute Gasteiger partial charge is 0.191 e. The summed E-state index contributed by atoms with van der Waals surface area (Å²) in [5.41, 5.74) is 0. The van der Waals surface area contributed by atoms with Crippen molar-refractivity contribution in [2.45, 2.75) is 26.3 Å². The Bertz CT molecular complexity index is 87.7. The summed E-state index contributed by atoms with van der Waals surface area (Å²) in [4.78, 5) is 0. The van der Waals surface area contributed by atoms with Crippen LogP contribution >= 0.6 is 0 Å². The molecule has 0 rings (SSSR count). The molecule has 0 fully saturated rings. The van der Waals surface area contributed by atoms with Crippen LogP contribution in [0.5, 0.6) is 0 Å². The third-order valence-corrected chi connectivity index (χ3v) is 1.26. The van der Waals surface area contributed by atoms with Crippen LogP contribution in [0.4, 0.5) is 0 Å². The summed E-state index contributed by atoms with van der Waals surface area (Å²) in [6, 6.07) is 0.225. The highest BCUT2D eigenvalue weighted by Gasteiger charge is 1.88. The minimum atomic E-state index is 0.225. The highest BCUT2D eigenvalue weighted by atomic mass is 32.1. The molecule has 0 radical (unpaired) electrons. The lowest BCUT2D eigenvalue weighted by Gasteiger charge is -1.91. The second-order valence-corrected chi connectivity index (χ2v) is 1.80. The van der Waals surface area contributed by atoms with E-state index >= 15 is 0 Å². The van der Waals surface area contributed by atoms with Gasteiger partial charge < -0.3 is 0 Å². The zero-order valence-corrected chi connectivity index (χ0v) is 5.36. The van der Waals surface area contributed by atoms with E-state index in [1.165, 1.54) is 0 Å². The molecule has 0 saturated carbocycles. The van der Waals surface area contributed by atoms with Gasteiger partial charge in [-0.2, -0.15) is 8.57 Å². The van der Waals surface area contributed by atoms with Crippen LogP contribution in [0.25, 0.3) is 0 Å². The van der Waals surface area contributed by atoms with E-state index in [0.29, 0.717) is 11.5 Å². The van der Waals surface area contributed by atoms with Gasteiger partial charge in [-0.05, 0) is 13.3 Å². The monoisotopic (exact) mass is 119 g/mol. The Morgan fingerprint density at radius 3 is 2.57 bits per heavy atom. The van der Waals surface area contributed by atoms with Crippen molar-refractivity contribution in [3.05, 3.63) is 0 Å². The fourth-order valence-corrected chi connectivity index (χ4v) is 0.444. The minimum Gasteiger partial charge on any atom is -0.191 e. The highest BCUT2D eigenvalue weighted by molar-refractivity contribution is 7.54. The van der Waals surface area contributed by atoms with E-state index in [1.807, 2.05) is 13.8 Å². The maximum Gasteiger partial charge on any atom is 0.199 e. The Hall–Kier alpha value is -0.180. The van der Waals surface area contributed by atoms with Crippen molar-refractivity contribution in [2.24, 2.45) is 4.36 Å². The molecule has 7 heavy (non-hydrogen) atoms. The summed E-state index contributed by atoms with van der Waals surface area (Å²) in [6.45, 7) is 3.93. The van der Waals surface area contributed by atoms with E-state index in [2.05, 4.69) is 4.36 Å². The molecule has 3 heteroatoms. The summed E-state index contributed by atoms with van der Waals surface area (Å²) in [5.74, 6) is 0. The standard InChI is InChI=1S/C4H9NOS/c1-3-4(2)5-7-6/h4H,3H2,1-2H3. The van der Waals surface area contributed by atoms with Gasteiger partial charge in [0.05, 0.1) is 6.04 Å². The van der Waals surface area contributed by atoms with Crippen LogP contribution in [0.1, 0.15) is 20.3 Å². The first kappa shape index (κ1) is 6.82. The third-order valence-electron chi connectivity index (χ3n) is 0.814. The second kappa shape index (κ2) is 3.99. The van der Waals surface area contributed by atoms with Crippen LogP contribution in [-0.2, 0) is 11.5 Å². The Kier molecular flexibility index (Phi) is 3.89. The average Bonchev–Trinajstić information content (AvgIpc) is 1.68. The van der Waals surface area contributed by atoms with Crippen molar-refractivity contribution >= 4 is 11.5 Å². The third kappa shape index (κ3) is 3.66. The van der Waals surface area contributed by atoms with Gasteiger partial charge in [0, 0.05) is 0 Å². The molecule has 42 valence electrons. The summed E-state index contributed by atoms with van der Waals surface area (Å²) in [6.07, 6.45) is 0.954. The molecule has 0 aliphatic heterocycles. The zero-order valence-electron chi connectivity index (χ0n) is 4.55. The molecule has 0 saturated heterocycles. The van der Waals surface area contributed by atoms with E-state index in [1.54, 1.807) is 0 Å². The van der Waals surface area contributed by atoms with E-state index in [0.717, 1.165) is 6.42 Å². The fourth-order valence-electron chi connectivity index (χ4n) is 0.148. The summed E-state index contributed by atoms with van der Waals surface area (Å²) in [5, 5.41) is 0. The molecule has 0 aromatic rings. The number of hydrogen-bond donors (Lipinski definition) is 0. The summed E-state index contributed by atoms with van der Waals surface area (Å²) in [7, 11) is 0. The van der Waals surface area contributed by atoms with Gasteiger partial charge in [-0.1, -0.05) is 6.92 Å². The maximum absolute atomic E-state index is 9.65. The van der Waals surface area contributed by atoms with E-state index < -0.39 is 0 Å². The Balaban J connectivity index is 3.35. The van der Waals surface area contributed by atoms with Crippen LogP contribution in [0.3, 0.4) is 0 Å². The molecule has 0 spiro atoms. The van der Waals surface area contributed by atoms with Crippen molar-refractivity contribution in [3.8, 4) is 0 Å². The lowest BCUT2D eigenvalue weighted by molar-refractivity contribution is 0.682. The molecule has 0 N–H and O–H groups in total. The fraction of sp³-hybridized carbons (Fsp3) is 1.00. The number of rotatable bonds is 2. The molecule has 0 bridgehead atoms. The average molecular weight is 119 g/mol. The second-order valence-electron chi connectivity index (χ2n) is 1.44. The first-order chi connectivity index (χ1) is 3.31. The lowest BCUT2D eigenvalue weighted by atomic mass is 10.3. The van der Waals surface area contributed by atoms with Gasteiger partial charge in [0.1, 0.15) is 0 Å². The van der Waals surface area contributed by atoms with Gasteiger partial charge in [0.2, 0.25) is 0 Å². The Morgan fingerprint density at radius 2 is 2.43 bits per heavy atom. The first-order valence-electron chi connectivity index (χ1n) is 2.30. The maximum atomic E-state index is 9.65. The molecular formula is C4H9NOS. The molecule has 1 atom stereocenters. The van der Waals surface area contributed by atoms with Gasteiger partial charge in [-0.3, -0.25) is 0 Å². The number of nitrogens with zero attached hydrogens (tertiary/aromatic N) is 1. The normalized spacial score (nSPS) is 12.9. The molecule has 0 aliphatic rings. The Morgan fingerprint density at radius 1 is 1.86 bits per heavy atom. The molecule has 0 aromatic heterocycles. The zero-order chi connectivity index (χ0) is 5.70. The van der Waals surface area contributed by atoms with Gasteiger partial charge in [0.25, 0.3) is 0 Å². The van der Waals surface area contributed by atoms with Crippen LogP contribution in [0, 0.1) is 0 Å². The van der Waals surface area contributed by atoms with Gasteiger partial charge in [0.15, 0.2) is 11.5 Å². The van der Waals surface area contributed by atoms with Crippen LogP contribution in [0.15, 0.2) is 4.36 Å². The summed E-state index contributed by atoms with van der Waals surface area (Å²) >= 11 is 0.309. The minimum absolute atomic E-state index is 0.225. The molecule has 0 amide bonds. The molecule has 0 heterocycles. The van der Waals surface area contributed by atoms with Gasteiger partial charge in [-0.15, -0.1) is 0 Å². The quantitative estimate of drug-likeness (QED) is 0.536. The van der Waals surface area contributed by atoms with Crippen molar-refractivity contribution < 1.29 is 4.21 Å². The molecule has 1 unspecified atom stereocenters. The van der Waals surface area contributed by atoms with Crippen LogP contribution in [0.2, 0.25) is 0 Å². The molecular weight excluding hydrogens is 110 g/mol. The lowest BCUT2D eigenvalue weighted by Crippen LogP contribution is -1.90. The highest BCUT2D eigenvalue weighted by Crippen LogP contribution is 1.91. The van der Waals surface area contributed by atoms with Crippen molar-refractivity contribution in [1.82, 2.24) is 0 Å². The first-order valence-corrected chi connectivity index (χ1v) is 3.00. The topological polar surface area (TPSA) is 29.4 Å². The molecule has 2 nitrogen and oxygen atoms in total. The predicted octanol–water partition coefficient (Wildman–Crippen LogP) is 1.18. The van der Waals surface area contributed by atoms with Gasteiger partial charge in [-0.25, -0.2) is 0 Å². The molecule has 0 aliphatic carbocycles. The van der Waals surface area contributed by atoms with Crippen LogP contribution < -0.4 is 0 Å². The van der Waals surface area contributed by atoms with Crippen molar-refractivity contribution in [3.63, 3.8) is 0 Å². The van der Waals surface area contributed by atoms with Crippen molar-refractivity contribution in [1.29, 1.82) is 0 Å². The predicted molar refractivity (Wildman–Crippen MR) is 30.3 cm³/mol. The SMILES string of the molecule is CCC(C)N=S=O. The Labute approximate surface area is 47.2 Å². The van der Waals surface area contributed by atoms with E-state index in [-0.39, 0.29) is 6.04 Å². The number of hydrogen-bond acceptors (Lipinski definition) is 2.